The number of nitrogens with zero attached hydrogens (tertiary/aromatic N) is 1. The minimum atomic E-state index is -0.491. The molecule has 0 N–H and O–H groups in total. The third-order valence-corrected chi connectivity index (χ3v) is 4.32. The number of benzene rings is 2. The molecule has 0 aromatic heterocycles. The average Bonchev–Trinajstić information content (AvgIpc) is 2.94. The van der Waals surface area contributed by atoms with Crippen molar-refractivity contribution in [3.05, 3.63) is 63.4 Å². The summed E-state index contributed by atoms with van der Waals surface area (Å²) in [5.74, 6) is 0.219. The van der Waals surface area contributed by atoms with Gasteiger partial charge in [-0.15, -0.1) is 0 Å². The predicted molar refractivity (Wildman–Crippen MR) is 98.6 cm³/mol. The number of carbonyl (C=O) groups excluding carboxylic acids is 1. The lowest BCUT2D eigenvalue weighted by Gasteiger charge is -2.14. The SMILES string of the molecule is COc1cc(C=C2C(=O)ON=C2C)cc(Br)c1OCc1ccc(F)cc1. The minimum absolute atomic E-state index is 0.258. The van der Waals surface area contributed by atoms with Gasteiger partial charge in [0.15, 0.2) is 11.5 Å². The Morgan fingerprint density at radius 2 is 2.00 bits per heavy atom. The Labute approximate surface area is 158 Å². The highest BCUT2D eigenvalue weighted by Gasteiger charge is 2.22. The van der Waals surface area contributed by atoms with Crippen LogP contribution in [0.15, 0.2) is 51.6 Å². The lowest BCUT2D eigenvalue weighted by molar-refractivity contribution is -0.136. The first kappa shape index (κ1) is 18.1. The molecule has 0 unspecified atom stereocenters. The molecule has 0 spiro atoms. The van der Waals surface area contributed by atoms with Gasteiger partial charge in [-0.3, -0.25) is 0 Å². The van der Waals surface area contributed by atoms with Crippen molar-refractivity contribution >= 4 is 33.7 Å². The fraction of sp³-hybridized carbons (Fsp3) is 0.158. The quantitative estimate of drug-likeness (QED) is 0.529. The Hall–Kier alpha value is -2.67. The van der Waals surface area contributed by atoms with Crippen LogP contribution in [0, 0.1) is 5.82 Å². The van der Waals surface area contributed by atoms with Crippen molar-refractivity contribution in [2.45, 2.75) is 13.5 Å². The summed E-state index contributed by atoms with van der Waals surface area (Å²) in [6, 6.07) is 9.62. The van der Waals surface area contributed by atoms with Gasteiger partial charge in [-0.05, 0) is 64.3 Å². The molecule has 1 aliphatic heterocycles. The van der Waals surface area contributed by atoms with Crippen LogP contribution in [-0.4, -0.2) is 18.8 Å². The number of halogens is 2. The largest absolute Gasteiger partial charge is 0.493 e. The molecule has 26 heavy (non-hydrogen) atoms. The molecule has 1 aliphatic rings. The van der Waals surface area contributed by atoms with Gasteiger partial charge in [0.1, 0.15) is 12.4 Å². The third kappa shape index (κ3) is 3.94. The van der Waals surface area contributed by atoms with E-state index in [9.17, 15) is 9.18 Å². The molecule has 3 rings (SSSR count). The number of oxime groups is 1. The smallest absolute Gasteiger partial charge is 0.367 e. The lowest BCUT2D eigenvalue weighted by Crippen LogP contribution is -2.02. The van der Waals surface area contributed by atoms with Crippen LogP contribution in [0.2, 0.25) is 0 Å². The molecule has 7 heteroatoms. The summed E-state index contributed by atoms with van der Waals surface area (Å²) in [5.41, 5.74) is 2.46. The standard InChI is InChI=1S/C19H15BrFNO4/c1-11-15(19(23)26-22-11)7-13-8-16(20)18(17(9-13)24-2)25-10-12-3-5-14(21)6-4-12/h3-9H,10H2,1-2H3. The second-order valence-electron chi connectivity index (χ2n) is 5.56. The molecule has 2 aromatic carbocycles. The van der Waals surface area contributed by atoms with E-state index in [0.717, 1.165) is 11.1 Å². The Morgan fingerprint density at radius 1 is 1.27 bits per heavy atom. The molecule has 0 amide bonds. The maximum Gasteiger partial charge on any atom is 0.367 e. The number of rotatable bonds is 5. The van der Waals surface area contributed by atoms with Gasteiger partial charge >= 0.3 is 5.97 Å². The lowest BCUT2D eigenvalue weighted by atomic mass is 10.1. The predicted octanol–water partition coefficient (Wildman–Crippen LogP) is 4.49. The fourth-order valence-corrected chi connectivity index (χ4v) is 2.96. The highest BCUT2D eigenvalue weighted by molar-refractivity contribution is 9.10. The minimum Gasteiger partial charge on any atom is -0.493 e. The van der Waals surface area contributed by atoms with Gasteiger partial charge < -0.3 is 14.3 Å². The Morgan fingerprint density at radius 3 is 2.62 bits per heavy atom. The maximum atomic E-state index is 13.0. The topological polar surface area (TPSA) is 57.1 Å². The zero-order valence-electron chi connectivity index (χ0n) is 14.1. The molecular weight excluding hydrogens is 405 g/mol. The summed E-state index contributed by atoms with van der Waals surface area (Å²) < 4.78 is 24.9. The monoisotopic (exact) mass is 419 g/mol. The van der Waals surface area contributed by atoms with Crippen molar-refractivity contribution in [2.24, 2.45) is 5.16 Å². The van der Waals surface area contributed by atoms with Crippen LogP contribution in [0.3, 0.4) is 0 Å². The summed E-state index contributed by atoms with van der Waals surface area (Å²) in [5, 5.41) is 3.65. The van der Waals surface area contributed by atoms with Gasteiger partial charge in [-0.1, -0.05) is 17.3 Å². The van der Waals surface area contributed by atoms with Crippen LogP contribution in [0.25, 0.3) is 6.08 Å². The highest BCUT2D eigenvalue weighted by atomic mass is 79.9. The molecule has 0 radical (unpaired) electrons. The van der Waals surface area contributed by atoms with Crippen LogP contribution in [0.1, 0.15) is 18.1 Å². The normalized spacial score (nSPS) is 15.0. The van der Waals surface area contributed by atoms with Crippen LogP contribution in [0.5, 0.6) is 11.5 Å². The number of hydrogen-bond acceptors (Lipinski definition) is 5. The van der Waals surface area contributed by atoms with Crippen LogP contribution in [-0.2, 0) is 16.2 Å². The second-order valence-corrected chi connectivity index (χ2v) is 6.42. The van der Waals surface area contributed by atoms with E-state index in [1.807, 2.05) is 0 Å². The van der Waals surface area contributed by atoms with E-state index in [2.05, 4.69) is 25.9 Å². The van der Waals surface area contributed by atoms with Crippen molar-refractivity contribution in [1.82, 2.24) is 0 Å². The first-order valence-corrected chi connectivity index (χ1v) is 8.50. The fourth-order valence-electron chi connectivity index (χ4n) is 2.39. The van der Waals surface area contributed by atoms with Gasteiger partial charge in [0, 0.05) is 0 Å². The Balaban J connectivity index is 1.85. The summed E-state index contributed by atoms with van der Waals surface area (Å²) in [7, 11) is 1.53. The van der Waals surface area contributed by atoms with Gasteiger partial charge in [0.25, 0.3) is 0 Å². The van der Waals surface area contributed by atoms with Gasteiger partial charge in [-0.25, -0.2) is 9.18 Å². The van der Waals surface area contributed by atoms with E-state index in [-0.39, 0.29) is 12.4 Å². The number of methoxy groups -OCH3 is 1. The number of carbonyl (C=O) groups is 1. The van der Waals surface area contributed by atoms with Crippen molar-refractivity contribution in [3.8, 4) is 11.5 Å². The van der Waals surface area contributed by atoms with Crippen molar-refractivity contribution < 1.29 is 23.5 Å². The molecular formula is C19H15BrFNO4. The van der Waals surface area contributed by atoms with E-state index in [0.29, 0.717) is 27.3 Å². The van der Waals surface area contributed by atoms with Crippen LogP contribution in [0.4, 0.5) is 4.39 Å². The summed E-state index contributed by atoms with van der Waals surface area (Å²) in [4.78, 5) is 16.3. The molecule has 2 aromatic rings. The van der Waals surface area contributed by atoms with Gasteiger partial charge in [-0.2, -0.15) is 0 Å². The van der Waals surface area contributed by atoms with E-state index < -0.39 is 5.97 Å². The van der Waals surface area contributed by atoms with Crippen molar-refractivity contribution in [3.63, 3.8) is 0 Å². The molecule has 0 saturated heterocycles. The molecule has 0 saturated carbocycles. The molecule has 0 aliphatic carbocycles. The summed E-state index contributed by atoms with van der Waals surface area (Å²) in [6.45, 7) is 1.96. The number of ether oxygens (including phenoxy) is 2. The summed E-state index contributed by atoms with van der Waals surface area (Å²) >= 11 is 3.46. The molecule has 0 bridgehead atoms. The van der Waals surface area contributed by atoms with Crippen molar-refractivity contribution in [1.29, 1.82) is 0 Å². The van der Waals surface area contributed by atoms with Crippen molar-refractivity contribution in [2.75, 3.05) is 7.11 Å². The van der Waals surface area contributed by atoms with Gasteiger partial charge in [0.2, 0.25) is 0 Å². The highest BCUT2D eigenvalue weighted by Crippen LogP contribution is 2.38. The van der Waals surface area contributed by atoms with E-state index in [4.69, 9.17) is 9.47 Å². The molecule has 1 heterocycles. The van der Waals surface area contributed by atoms with E-state index in [1.54, 1.807) is 37.3 Å². The second kappa shape index (κ2) is 7.70. The van der Waals surface area contributed by atoms with E-state index in [1.165, 1.54) is 19.2 Å². The van der Waals surface area contributed by atoms with Crippen LogP contribution < -0.4 is 9.47 Å². The van der Waals surface area contributed by atoms with E-state index >= 15 is 0 Å². The number of hydrogen-bond donors (Lipinski definition) is 0. The average molecular weight is 420 g/mol. The Kier molecular flexibility index (Phi) is 5.37. The molecule has 134 valence electrons. The summed E-state index contributed by atoms with van der Waals surface area (Å²) in [6.07, 6.45) is 1.67. The first-order valence-electron chi connectivity index (χ1n) is 7.70. The Bertz CT molecular complexity index is 907. The maximum absolute atomic E-state index is 13.0. The molecule has 0 fully saturated rings. The zero-order chi connectivity index (χ0) is 18.7. The first-order chi connectivity index (χ1) is 12.5. The van der Waals surface area contributed by atoms with Crippen LogP contribution >= 0.6 is 15.9 Å². The zero-order valence-corrected chi connectivity index (χ0v) is 15.7. The molecule has 5 nitrogen and oxygen atoms in total. The van der Waals surface area contributed by atoms with Gasteiger partial charge in [0.05, 0.1) is 22.9 Å². The third-order valence-electron chi connectivity index (χ3n) is 3.73. The molecule has 0 atom stereocenters.